The standard InChI is InChI=1S/C23H28N2O2/c1-2-18-7-11-22(12-8-18)27-17-19-5-9-20(10-6-19)23(26)25-15-14-24-13-3-4-21(24)16-25/h5-12,21H,2-4,13-17H2,1H3/t21-/m1/s1. The topological polar surface area (TPSA) is 32.8 Å². The van der Waals surface area contributed by atoms with Crippen molar-refractivity contribution in [2.45, 2.75) is 38.8 Å². The van der Waals surface area contributed by atoms with Crippen molar-refractivity contribution in [3.05, 3.63) is 65.2 Å². The Kier molecular flexibility index (Phi) is 5.44. The van der Waals surface area contributed by atoms with Gasteiger partial charge in [-0.3, -0.25) is 9.69 Å². The molecule has 4 nitrogen and oxygen atoms in total. The van der Waals surface area contributed by atoms with E-state index in [1.807, 2.05) is 41.3 Å². The summed E-state index contributed by atoms with van der Waals surface area (Å²) in [4.78, 5) is 17.4. The van der Waals surface area contributed by atoms with Crippen LogP contribution < -0.4 is 4.74 Å². The third-order valence-electron chi connectivity index (χ3n) is 5.81. The zero-order valence-electron chi connectivity index (χ0n) is 16.1. The van der Waals surface area contributed by atoms with Gasteiger partial charge in [-0.25, -0.2) is 0 Å². The number of ether oxygens (including phenoxy) is 1. The molecule has 27 heavy (non-hydrogen) atoms. The summed E-state index contributed by atoms with van der Waals surface area (Å²) in [5, 5.41) is 0. The van der Waals surface area contributed by atoms with Crippen LogP contribution in [0.15, 0.2) is 48.5 Å². The van der Waals surface area contributed by atoms with Gasteiger partial charge in [0.1, 0.15) is 12.4 Å². The Morgan fingerprint density at radius 1 is 1.00 bits per heavy atom. The van der Waals surface area contributed by atoms with E-state index in [2.05, 4.69) is 24.0 Å². The van der Waals surface area contributed by atoms with E-state index >= 15 is 0 Å². The van der Waals surface area contributed by atoms with E-state index < -0.39 is 0 Å². The molecule has 2 fully saturated rings. The predicted octanol–water partition coefficient (Wildman–Crippen LogP) is 3.75. The van der Waals surface area contributed by atoms with Crippen molar-refractivity contribution >= 4 is 5.91 Å². The minimum absolute atomic E-state index is 0.157. The molecule has 0 bridgehead atoms. The van der Waals surface area contributed by atoms with E-state index in [9.17, 15) is 4.79 Å². The second-order valence-electron chi connectivity index (χ2n) is 7.57. The van der Waals surface area contributed by atoms with Crippen LogP contribution in [0.4, 0.5) is 0 Å². The molecule has 0 spiro atoms. The number of carbonyl (C=O) groups excluding carboxylic acids is 1. The number of fused-ring (bicyclic) bond motifs is 1. The van der Waals surface area contributed by atoms with E-state index in [0.717, 1.165) is 42.9 Å². The van der Waals surface area contributed by atoms with Gasteiger partial charge in [0.05, 0.1) is 0 Å². The Morgan fingerprint density at radius 2 is 1.74 bits per heavy atom. The van der Waals surface area contributed by atoms with E-state index in [1.54, 1.807) is 0 Å². The van der Waals surface area contributed by atoms with Crippen molar-refractivity contribution in [3.8, 4) is 5.75 Å². The molecule has 0 unspecified atom stereocenters. The molecular weight excluding hydrogens is 336 g/mol. The third kappa shape index (κ3) is 4.16. The van der Waals surface area contributed by atoms with Gasteiger partial charge in [-0.05, 0) is 61.2 Å². The number of aryl methyl sites for hydroxylation is 1. The highest BCUT2D eigenvalue weighted by Crippen LogP contribution is 2.23. The van der Waals surface area contributed by atoms with Gasteiger partial charge >= 0.3 is 0 Å². The molecule has 0 N–H and O–H groups in total. The second kappa shape index (κ2) is 8.13. The molecule has 0 saturated carbocycles. The average molecular weight is 364 g/mol. The van der Waals surface area contributed by atoms with Crippen LogP contribution in [0.25, 0.3) is 0 Å². The fraction of sp³-hybridized carbons (Fsp3) is 0.435. The number of nitrogens with zero attached hydrogens (tertiary/aromatic N) is 2. The number of amides is 1. The molecule has 4 rings (SSSR count). The fourth-order valence-electron chi connectivity index (χ4n) is 4.09. The lowest BCUT2D eigenvalue weighted by Crippen LogP contribution is -2.52. The first kappa shape index (κ1) is 18.1. The molecule has 1 atom stereocenters. The van der Waals surface area contributed by atoms with Crippen LogP contribution in [0, 0.1) is 0 Å². The maximum Gasteiger partial charge on any atom is 0.253 e. The van der Waals surface area contributed by atoms with E-state index in [4.69, 9.17) is 4.74 Å². The summed E-state index contributed by atoms with van der Waals surface area (Å²) in [7, 11) is 0. The van der Waals surface area contributed by atoms with Gasteiger partial charge in [-0.15, -0.1) is 0 Å². The van der Waals surface area contributed by atoms with Crippen molar-refractivity contribution in [1.29, 1.82) is 0 Å². The molecule has 2 heterocycles. The monoisotopic (exact) mass is 364 g/mol. The molecule has 142 valence electrons. The zero-order chi connectivity index (χ0) is 18.6. The van der Waals surface area contributed by atoms with Crippen LogP contribution in [-0.4, -0.2) is 47.9 Å². The normalized spacial score (nSPS) is 19.7. The van der Waals surface area contributed by atoms with E-state index in [-0.39, 0.29) is 5.91 Å². The maximum absolute atomic E-state index is 12.8. The Bertz CT molecular complexity index is 770. The summed E-state index contributed by atoms with van der Waals surface area (Å²) in [5.41, 5.74) is 3.16. The van der Waals surface area contributed by atoms with Crippen LogP contribution >= 0.6 is 0 Å². The SMILES string of the molecule is CCc1ccc(OCc2ccc(C(=O)N3CCN4CCC[C@@H]4C3)cc2)cc1. The van der Waals surface area contributed by atoms with Gasteiger partial charge in [-0.2, -0.15) is 0 Å². The molecule has 2 aromatic carbocycles. The number of carbonyl (C=O) groups is 1. The molecule has 2 aliphatic heterocycles. The van der Waals surface area contributed by atoms with Gasteiger partial charge in [0, 0.05) is 31.2 Å². The molecule has 0 aliphatic carbocycles. The maximum atomic E-state index is 12.8. The quantitative estimate of drug-likeness (QED) is 0.810. The van der Waals surface area contributed by atoms with Crippen molar-refractivity contribution in [2.24, 2.45) is 0 Å². The van der Waals surface area contributed by atoms with E-state index in [0.29, 0.717) is 12.6 Å². The van der Waals surface area contributed by atoms with Crippen LogP contribution in [0.2, 0.25) is 0 Å². The first-order chi connectivity index (χ1) is 13.2. The Balaban J connectivity index is 1.33. The average Bonchev–Trinajstić information content (AvgIpc) is 3.20. The Hall–Kier alpha value is -2.33. The minimum Gasteiger partial charge on any atom is -0.489 e. The molecule has 0 radical (unpaired) electrons. The van der Waals surface area contributed by atoms with Crippen LogP contribution in [0.1, 0.15) is 41.3 Å². The lowest BCUT2D eigenvalue weighted by Gasteiger charge is -2.37. The van der Waals surface area contributed by atoms with Gasteiger partial charge in [-0.1, -0.05) is 31.2 Å². The highest BCUT2D eigenvalue weighted by molar-refractivity contribution is 5.94. The summed E-state index contributed by atoms with van der Waals surface area (Å²) in [6, 6.07) is 16.7. The van der Waals surface area contributed by atoms with Crippen molar-refractivity contribution in [3.63, 3.8) is 0 Å². The summed E-state index contributed by atoms with van der Waals surface area (Å²) < 4.78 is 5.85. The van der Waals surface area contributed by atoms with E-state index in [1.165, 1.54) is 24.9 Å². The lowest BCUT2D eigenvalue weighted by atomic mass is 10.1. The molecular formula is C23H28N2O2. The summed E-state index contributed by atoms with van der Waals surface area (Å²) in [6.45, 7) is 6.58. The third-order valence-corrected chi connectivity index (χ3v) is 5.81. The highest BCUT2D eigenvalue weighted by Gasteiger charge is 2.32. The van der Waals surface area contributed by atoms with Crippen LogP contribution in [-0.2, 0) is 13.0 Å². The van der Waals surface area contributed by atoms with Gasteiger partial charge in [0.2, 0.25) is 0 Å². The number of rotatable bonds is 5. The predicted molar refractivity (Wildman–Crippen MR) is 107 cm³/mol. The van der Waals surface area contributed by atoms with Crippen molar-refractivity contribution in [1.82, 2.24) is 9.80 Å². The van der Waals surface area contributed by atoms with Gasteiger partial charge in [0.15, 0.2) is 0 Å². The number of hydrogen-bond donors (Lipinski definition) is 0. The summed E-state index contributed by atoms with van der Waals surface area (Å²) >= 11 is 0. The molecule has 2 aromatic rings. The Morgan fingerprint density at radius 3 is 2.48 bits per heavy atom. The molecule has 0 aromatic heterocycles. The fourth-order valence-corrected chi connectivity index (χ4v) is 4.09. The zero-order valence-corrected chi connectivity index (χ0v) is 16.1. The minimum atomic E-state index is 0.157. The smallest absolute Gasteiger partial charge is 0.253 e. The van der Waals surface area contributed by atoms with Gasteiger partial charge in [0.25, 0.3) is 5.91 Å². The molecule has 2 aliphatic rings. The molecule has 4 heteroatoms. The van der Waals surface area contributed by atoms with Gasteiger partial charge < -0.3 is 9.64 Å². The highest BCUT2D eigenvalue weighted by atomic mass is 16.5. The first-order valence-electron chi connectivity index (χ1n) is 10.1. The summed E-state index contributed by atoms with van der Waals surface area (Å²) in [5.74, 6) is 1.03. The number of piperazine rings is 1. The number of hydrogen-bond acceptors (Lipinski definition) is 3. The van der Waals surface area contributed by atoms with Crippen LogP contribution in [0.3, 0.4) is 0 Å². The van der Waals surface area contributed by atoms with Crippen molar-refractivity contribution < 1.29 is 9.53 Å². The summed E-state index contributed by atoms with van der Waals surface area (Å²) in [6.07, 6.45) is 3.52. The first-order valence-corrected chi connectivity index (χ1v) is 10.1. The number of benzene rings is 2. The lowest BCUT2D eigenvalue weighted by molar-refractivity contribution is 0.0571. The second-order valence-corrected chi connectivity index (χ2v) is 7.57. The molecule has 2 saturated heterocycles. The molecule has 1 amide bonds. The Labute approximate surface area is 161 Å². The van der Waals surface area contributed by atoms with Crippen molar-refractivity contribution in [2.75, 3.05) is 26.2 Å². The largest absolute Gasteiger partial charge is 0.489 e. The van der Waals surface area contributed by atoms with Crippen LogP contribution in [0.5, 0.6) is 5.75 Å².